The van der Waals surface area contributed by atoms with Gasteiger partial charge in [-0.25, -0.2) is 9.78 Å². The molecule has 1 unspecified atom stereocenters. The third-order valence-corrected chi connectivity index (χ3v) is 7.41. The Morgan fingerprint density at radius 1 is 1.18 bits per heavy atom. The summed E-state index contributed by atoms with van der Waals surface area (Å²) in [7, 11) is 3.29. The van der Waals surface area contributed by atoms with Crippen LogP contribution in [0.25, 0.3) is 17.3 Å². The number of anilines is 1. The summed E-state index contributed by atoms with van der Waals surface area (Å²) in [5, 5.41) is 14.4. The first-order valence-corrected chi connectivity index (χ1v) is 14.3. The molecule has 1 amide bonds. The molecular formula is C29H32Cl2N2O6S. The smallest absolute Gasteiger partial charge is 0.331 e. The van der Waals surface area contributed by atoms with Crippen molar-refractivity contribution >= 4 is 57.6 Å². The number of benzene rings is 2. The second-order valence-electron chi connectivity index (χ2n) is 8.89. The van der Waals surface area contributed by atoms with Crippen molar-refractivity contribution in [3.05, 3.63) is 68.0 Å². The summed E-state index contributed by atoms with van der Waals surface area (Å²) in [5.41, 5.74) is 2.92. The third-order valence-electron chi connectivity index (χ3n) is 6.02. The standard InChI is InChI=1S/C29H32Cl2N2O6S/c1-5-11-39-12-7-10-25(37-3)20-9-6-8-19(26(20)38-4)24-16-40-29(32-24)33-27(34)18-14-22(30)21(23(31)15-18)13-17(2)28(35)36/h6,8-9,13-16,25H,5,7,10-12H2,1-4H3,(H,35,36)(H,32,33,34). The highest BCUT2D eigenvalue weighted by Gasteiger charge is 2.21. The number of carboxylic acids is 1. The number of para-hydroxylation sites is 1. The van der Waals surface area contributed by atoms with Crippen LogP contribution in [-0.4, -0.2) is 49.4 Å². The van der Waals surface area contributed by atoms with Gasteiger partial charge in [-0.05, 0) is 50.5 Å². The van der Waals surface area contributed by atoms with Crippen LogP contribution >= 0.6 is 34.5 Å². The maximum absolute atomic E-state index is 13.0. The van der Waals surface area contributed by atoms with Crippen molar-refractivity contribution in [2.24, 2.45) is 0 Å². The summed E-state index contributed by atoms with van der Waals surface area (Å²) < 4.78 is 17.2. The van der Waals surface area contributed by atoms with Crippen LogP contribution in [0, 0.1) is 0 Å². The largest absolute Gasteiger partial charge is 0.496 e. The lowest BCUT2D eigenvalue weighted by Crippen LogP contribution is -2.12. The lowest BCUT2D eigenvalue weighted by molar-refractivity contribution is -0.132. The van der Waals surface area contributed by atoms with Gasteiger partial charge in [0.25, 0.3) is 5.91 Å². The highest BCUT2D eigenvalue weighted by molar-refractivity contribution is 7.14. The monoisotopic (exact) mass is 606 g/mol. The van der Waals surface area contributed by atoms with Gasteiger partial charge in [-0.15, -0.1) is 11.3 Å². The first-order chi connectivity index (χ1) is 19.2. The second-order valence-corrected chi connectivity index (χ2v) is 10.6. The molecule has 8 nitrogen and oxygen atoms in total. The Balaban J connectivity index is 1.79. The molecule has 214 valence electrons. The van der Waals surface area contributed by atoms with Gasteiger partial charge in [0.15, 0.2) is 5.13 Å². The zero-order valence-electron chi connectivity index (χ0n) is 22.8. The lowest BCUT2D eigenvalue weighted by Gasteiger charge is -2.20. The fourth-order valence-electron chi connectivity index (χ4n) is 4.01. The predicted molar refractivity (Wildman–Crippen MR) is 160 cm³/mol. The number of nitrogens with one attached hydrogen (secondary N) is 1. The van der Waals surface area contributed by atoms with Crippen molar-refractivity contribution in [2.75, 3.05) is 32.8 Å². The first-order valence-electron chi connectivity index (χ1n) is 12.6. The number of rotatable bonds is 14. The van der Waals surface area contributed by atoms with Gasteiger partial charge in [0.2, 0.25) is 0 Å². The summed E-state index contributed by atoms with van der Waals surface area (Å²) in [6, 6.07) is 8.68. The van der Waals surface area contributed by atoms with E-state index in [1.807, 2.05) is 23.6 Å². The average Bonchev–Trinajstić information content (AvgIpc) is 3.40. The maximum Gasteiger partial charge on any atom is 0.331 e. The molecule has 2 N–H and O–H groups in total. The van der Waals surface area contributed by atoms with Crippen LogP contribution in [0.2, 0.25) is 10.0 Å². The number of ether oxygens (including phenoxy) is 3. The average molecular weight is 608 g/mol. The zero-order valence-corrected chi connectivity index (χ0v) is 25.1. The molecule has 1 heterocycles. The number of thiazole rings is 1. The van der Waals surface area contributed by atoms with Crippen LogP contribution in [0.3, 0.4) is 0 Å². The van der Waals surface area contributed by atoms with Gasteiger partial charge >= 0.3 is 5.97 Å². The summed E-state index contributed by atoms with van der Waals surface area (Å²) in [6.07, 6.45) is 3.79. The molecule has 1 aromatic heterocycles. The number of nitrogens with zero attached hydrogens (tertiary/aromatic N) is 1. The Morgan fingerprint density at radius 2 is 1.90 bits per heavy atom. The summed E-state index contributed by atoms with van der Waals surface area (Å²) in [5.74, 6) is -0.892. The van der Waals surface area contributed by atoms with Crippen molar-refractivity contribution in [1.29, 1.82) is 0 Å². The molecule has 40 heavy (non-hydrogen) atoms. The molecule has 11 heteroatoms. The Morgan fingerprint density at radius 3 is 2.52 bits per heavy atom. The lowest BCUT2D eigenvalue weighted by atomic mass is 9.99. The van der Waals surface area contributed by atoms with Gasteiger partial charge in [-0.1, -0.05) is 42.3 Å². The number of methoxy groups -OCH3 is 2. The van der Waals surface area contributed by atoms with Crippen LogP contribution in [-0.2, 0) is 14.3 Å². The molecule has 0 saturated heterocycles. The van der Waals surface area contributed by atoms with Crippen LogP contribution in [0.15, 0.2) is 41.3 Å². The highest BCUT2D eigenvalue weighted by Crippen LogP contribution is 2.39. The third kappa shape index (κ3) is 8.05. The van der Waals surface area contributed by atoms with Gasteiger partial charge < -0.3 is 19.3 Å². The number of hydrogen-bond donors (Lipinski definition) is 2. The van der Waals surface area contributed by atoms with Crippen LogP contribution in [0.5, 0.6) is 5.75 Å². The number of carbonyl (C=O) groups excluding carboxylic acids is 1. The Labute approximate surface area is 247 Å². The molecule has 0 radical (unpaired) electrons. The fraction of sp³-hybridized carbons (Fsp3) is 0.345. The van der Waals surface area contributed by atoms with Crippen molar-refractivity contribution in [1.82, 2.24) is 4.98 Å². The van der Waals surface area contributed by atoms with Gasteiger partial charge in [-0.3, -0.25) is 10.1 Å². The van der Waals surface area contributed by atoms with Gasteiger partial charge in [0, 0.05) is 53.5 Å². The van der Waals surface area contributed by atoms with E-state index in [0.717, 1.165) is 37.0 Å². The van der Waals surface area contributed by atoms with E-state index in [0.29, 0.717) is 28.7 Å². The van der Waals surface area contributed by atoms with E-state index in [4.69, 9.17) is 42.5 Å². The van der Waals surface area contributed by atoms with E-state index in [9.17, 15) is 9.59 Å². The van der Waals surface area contributed by atoms with Crippen molar-refractivity contribution in [3.8, 4) is 17.0 Å². The van der Waals surface area contributed by atoms with E-state index in [-0.39, 0.29) is 27.3 Å². The van der Waals surface area contributed by atoms with Crippen LogP contribution in [0.4, 0.5) is 5.13 Å². The van der Waals surface area contributed by atoms with E-state index in [2.05, 4.69) is 17.2 Å². The Kier molecular flexibility index (Phi) is 12.0. The molecule has 0 saturated carbocycles. The van der Waals surface area contributed by atoms with Crippen LogP contribution < -0.4 is 10.1 Å². The molecular weight excluding hydrogens is 575 g/mol. The predicted octanol–water partition coefficient (Wildman–Crippen LogP) is 7.76. The van der Waals surface area contributed by atoms with E-state index >= 15 is 0 Å². The number of carbonyl (C=O) groups is 2. The molecule has 3 aromatic rings. The topological polar surface area (TPSA) is 107 Å². The number of carboxylic acid groups (broad SMARTS) is 1. The minimum Gasteiger partial charge on any atom is -0.496 e. The Bertz CT molecular complexity index is 1350. The molecule has 1 atom stereocenters. The van der Waals surface area contributed by atoms with Crippen LogP contribution in [0.1, 0.15) is 60.7 Å². The van der Waals surface area contributed by atoms with Gasteiger partial charge in [0.05, 0.1) is 29.0 Å². The number of hydrogen-bond acceptors (Lipinski definition) is 7. The van der Waals surface area contributed by atoms with Gasteiger partial charge in [-0.2, -0.15) is 0 Å². The molecule has 0 aliphatic carbocycles. The number of halogens is 2. The Hall–Kier alpha value is -2.95. The van der Waals surface area contributed by atoms with E-state index < -0.39 is 11.9 Å². The molecule has 3 rings (SSSR count). The summed E-state index contributed by atoms with van der Waals surface area (Å²) >= 11 is 13.9. The van der Waals surface area contributed by atoms with E-state index in [1.165, 1.54) is 36.5 Å². The summed E-state index contributed by atoms with van der Waals surface area (Å²) in [4.78, 5) is 28.7. The summed E-state index contributed by atoms with van der Waals surface area (Å²) in [6.45, 7) is 4.92. The molecule has 0 fully saturated rings. The van der Waals surface area contributed by atoms with Crippen molar-refractivity contribution in [3.63, 3.8) is 0 Å². The number of amides is 1. The fourth-order valence-corrected chi connectivity index (χ4v) is 5.31. The highest BCUT2D eigenvalue weighted by atomic mass is 35.5. The molecule has 0 spiro atoms. The minimum absolute atomic E-state index is 0.0635. The molecule has 0 aliphatic heterocycles. The van der Waals surface area contributed by atoms with Crippen molar-refractivity contribution in [2.45, 2.75) is 39.2 Å². The SMILES string of the molecule is CCCOCCCC(OC)c1cccc(-c2csc(NC(=O)c3cc(Cl)c(C=C(C)C(=O)O)c(Cl)c3)n2)c1OC. The number of aliphatic carboxylic acids is 1. The van der Waals surface area contributed by atoms with Crippen molar-refractivity contribution < 1.29 is 28.9 Å². The quantitative estimate of drug-likeness (QED) is 0.143. The minimum atomic E-state index is -1.09. The molecule has 0 bridgehead atoms. The van der Waals surface area contributed by atoms with E-state index in [1.54, 1.807) is 14.2 Å². The maximum atomic E-state index is 13.0. The molecule has 2 aromatic carbocycles. The first kappa shape index (κ1) is 31.6. The second kappa shape index (κ2) is 15.2. The zero-order chi connectivity index (χ0) is 29.2. The van der Waals surface area contributed by atoms with Gasteiger partial charge in [0.1, 0.15) is 5.75 Å². The number of aromatic nitrogens is 1. The normalized spacial score (nSPS) is 12.3. The molecule has 0 aliphatic rings.